The molecule has 2 aromatic carbocycles. The second kappa shape index (κ2) is 18.3. The highest BCUT2D eigenvalue weighted by Gasteiger charge is 2.51. The standard InChI is InChI=1S/C41H59NO10/c1-8-15-40(4,16-9-2)28-20-26(22-30(47-6)36(28)45)11-13-34(43)51-32-24-49-39-33(25-50-38(32)39)52-35(44)14-12-27-21-29(37(46)31(23-27)48-7)41(5,17-10-3)18-19-42/h19-23,32-33,38-39,42,45-46H,8-18,24-25H2,1-7H3/t32-,33+,38-,39-,41?/m1/s1. The lowest BCUT2D eigenvalue weighted by molar-refractivity contribution is -0.155. The largest absolute Gasteiger partial charge is 0.504 e. The van der Waals surface area contributed by atoms with E-state index >= 15 is 0 Å². The number of phenolic OH excluding ortho intramolecular Hbond substituents is 2. The minimum absolute atomic E-state index is 0.0569. The lowest BCUT2D eigenvalue weighted by Gasteiger charge is -2.31. The van der Waals surface area contributed by atoms with E-state index in [0.717, 1.165) is 55.2 Å². The highest BCUT2D eigenvalue weighted by atomic mass is 16.7. The highest BCUT2D eigenvalue weighted by molar-refractivity contribution is 5.71. The van der Waals surface area contributed by atoms with Crippen LogP contribution in [0.5, 0.6) is 23.0 Å². The van der Waals surface area contributed by atoms with Crippen LogP contribution in [0.1, 0.15) is 115 Å². The topological polar surface area (TPSA) is 154 Å². The van der Waals surface area contributed by atoms with Gasteiger partial charge in [-0.1, -0.05) is 66.0 Å². The summed E-state index contributed by atoms with van der Waals surface area (Å²) in [5.74, 6) is 0.126. The minimum Gasteiger partial charge on any atom is -0.504 e. The molecular weight excluding hydrogens is 666 g/mol. The normalized spacial score (nSPS) is 20.9. The first-order chi connectivity index (χ1) is 24.9. The van der Waals surface area contributed by atoms with E-state index < -0.39 is 41.8 Å². The molecule has 0 spiro atoms. The van der Waals surface area contributed by atoms with Crippen LogP contribution in [0.25, 0.3) is 0 Å². The van der Waals surface area contributed by atoms with Crippen LogP contribution < -0.4 is 9.47 Å². The molecule has 2 aromatic rings. The van der Waals surface area contributed by atoms with Crippen molar-refractivity contribution >= 4 is 18.2 Å². The summed E-state index contributed by atoms with van der Waals surface area (Å²) >= 11 is 0. The smallest absolute Gasteiger partial charge is 0.306 e. The number of esters is 2. The summed E-state index contributed by atoms with van der Waals surface area (Å²) in [5.41, 5.74) is 2.57. The van der Waals surface area contributed by atoms with Gasteiger partial charge in [0.1, 0.15) is 12.2 Å². The quantitative estimate of drug-likeness (QED) is 0.0939. The van der Waals surface area contributed by atoms with E-state index in [1.807, 2.05) is 19.1 Å². The van der Waals surface area contributed by atoms with E-state index in [0.29, 0.717) is 36.3 Å². The SMILES string of the molecule is CCCC(C)(CC=N)c1cc(CCC(=O)O[C@H]2CO[C@H]3[C@@H]2OC[C@H]3OC(=O)CCc2cc(OC)c(O)c(C(C)(CCC)CCC)c2)cc(OC)c1O. The second-order valence-corrected chi connectivity index (χ2v) is 14.8. The number of hydrogen-bond donors (Lipinski definition) is 3. The van der Waals surface area contributed by atoms with Crippen molar-refractivity contribution in [1.82, 2.24) is 0 Å². The summed E-state index contributed by atoms with van der Waals surface area (Å²) in [6.45, 7) is 10.8. The molecule has 1 unspecified atom stereocenters. The van der Waals surface area contributed by atoms with Crippen LogP contribution in [0.2, 0.25) is 0 Å². The summed E-state index contributed by atoms with van der Waals surface area (Å²) in [7, 11) is 3.02. The van der Waals surface area contributed by atoms with Crippen molar-refractivity contribution in [3.8, 4) is 23.0 Å². The highest BCUT2D eigenvalue weighted by Crippen LogP contribution is 2.45. The number of hydrogen-bond acceptors (Lipinski definition) is 11. The molecule has 0 bridgehead atoms. The van der Waals surface area contributed by atoms with Crippen molar-refractivity contribution in [3.05, 3.63) is 46.5 Å². The Hall–Kier alpha value is -3.83. The van der Waals surface area contributed by atoms with E-state index in [4.69, 9.17) is 33.8 Å². The number of phenols is 2. The zero-order chi connectivity index (χ0) is 38.1. The van der Waals surface area contributed by atoms with E-state index in [-0.39, 0.29) is 43.0 Å². The lowest BCUT2D eigenvalue weighted by atomic mass is 9.74. The molecule has 2 aliphatic heterocycles. The first kappa shape index (κ1) is 40.9. The van der Waals surface area contributed by atoms with Gasteiger partial charge in [0.05, 0.1) is 27.4 Å². The number of ether oxygens (including phenoxy) is 6. The van der Waals surface area contributed by atoms with E-state index in [1.165, 1.54) is 20.4 Å². The number of nitrogens with one attached hydrogen (secondary N) is 1. The van der Waals surface area contributed by atoms with Gasteiger partial charge in [0, 0.05) is 29.4 Å². The molecule has 2 fully saturated rings. The van der Waals surface area contributed by atoms with Crippen molar-refractivity contribution in [2.45, 2.75) is 140 Å². The number of methoxy groups -OCH3 is 2. The minimum atomic E-state index is -0.630. The van der Waals surface area contributed by atoms with Crippen LogP contribution in [0.15, 0.2) is 24.3 Å². The molecule has 0 saturated carbocycles. The van der Waals surface area contributed by atoms with Crippen LogP contribution >= 0.6 is 0 Å². The molecule has 52 heavy (non-hydrogen) atoms. The number of carbonyl (C=O) groups excluding carboxylic acids is 2. The summed E-state index contributed by atoms with van der Waals surface area (Å²) in [6.07, 6.45) is 5.94. The van der Waals surface area contributed by atoms with Crippen LogP contribution in [-0.4, -0.2) is 80.2 Å². The number of aryl methyl sites for hydroxylation is 2. The van der Waals surface area contributed by atoms with Crippen LogP contribution in [0.3, 0.4) is 0 Å². The number of rotatable bonds is 20. The Balaban J connectivity index is 1.33. The van der Waals surface area contributed by atoms with Crippen LogP contribution in [-0.2, 0) is 52.2 Å². The van der Waals surface area contributed by atoms with Gasteiger partial charge >= 0.3 is 11.9 Å². The molecule has 0 radical (unpaired) electrons. The van der Waals surface area contributed by atoms with Gasteiger partial charge in [-0.3, -0.25) is 9.59 Å². The van der Waals surface area contributed by atoms with Gasteiger partial charge in [0.15, 0.2) is 35.2 Å². The van der Waals surface area contributed by atoms with Crippen LogP contribution in [0.4, 0.5) is 0 Å². The Labute approximate surface area is 308 Å². The molecular formula is C41H59NO10. The molecule has 0 aromatic heterocycles. The Kier molecular flexibility index (Phi) is 14.4. The third-order valence-corrected chi connectivity index (χ3v) is 10.7. The van der Waals surface area contributed by atoms with Gasteiger partial charge in [-0.25, -0.2) is 0 Å². The molecule has 11 nitrogen and oxygen atoms in total. The average molecular weight is 726 g/mol. The Morgan fingerprint density at radius 1 is 0.750 bits per heavy atom. The molecule has 11 heteroatoms. The van der Waals surface area contributed by atoms with E-state index in [2.05, 4.69) is 27.7 Å². The van der Waals surface area contributed by atoms with E-state index in [9.17, 15) is 19.8 Å². The number of fused-ring (bicyclic) bond motifs is 1. The van der Waals surface area contributed by atoms with Gasteiger partial charge in [0.25, 0.3) is 0 Å². The maximum absolute atomic E-state index is 13.0. The third kappa shape index (κ3) is 9.39. The fourth-order valence-electron chi connectivity index (χ4n) is 8.05. The lowest BCUT2D eigenvalue weighted by Crippen LogP contribution is -2.36. The predicted molar refractivity (Wildman–Crippen MR) is 198 cm³/mol. The summed E-state index contributed by atoms with van der Waals surface area (Å²) in [5, 5.41) is 29.7. The summed E-state index contributed by atoms with van der Waals surface area (Å²) in [6, 6.07) is 7.38. The monoisotopic (exact) mass is 725 g/mol. The van der Waals surface area contributed by atoms with Crippen molar-refractivity contribution in [2.24, 2.45) is 0 Å². The summed E-state index contributed by atoms with van der Waals surface area (Å²) < 4.78 is 34.4. The zero-order valence-corrected chi connectivity index (χ0v) is 32.0. The second-order valence-electron chi connectivity index (χ2n) is 14.8. The van der Waals surface area contributed by atoms with Crippen LogP contribution in [0, 0.1) is 5.41 Å². The molecule has 4 rings (SSSR count). The van der Waals surface area contributed by atoms with E-state index in [1.54, 1.807) is 12.1 Å². The molecule has 5 atom stereocenters. The van der Waals surface area contributed by atoms with Gasteiger partial charge in [-0.15, -0.1) is 0 Å². The predicted octanol–water partition coefficient (Wildman–Crippen LogP) is 7.26. The van der Waals surface area contributed by atoms with Crippen molar-refractivity contribution < 1.29 is 48.2 Å². The van der Waals surface area contributed by atoms with Gasteiger partial charge in [0.2, 0.25) is 0 Å². The number of carbonyl (C=O) groups is 2. The van der Waals surface area contributed by atoms with Crippen molar-refractivity contribution in [2.75, 3.05) is 27.4 Å². The first-order valence-corrected chi connectivity index (χ1v) is 18.8. The molecule has 288 valence electrons. The molecule has 2 heterocycles. The zero-order valence-electron chi connectivity index (χ0n) is 32.0. The number of aromatic hydroxyl groups is 2. The molecule has 0 aliphatic carbocycles. The molecule has 3 N–H and O–H groups in total. The summed E-state index contributed by atoms with van der Waals surface area (Å²) in [4.78, 5) is 26.1. The Morgan fingerprint density at radius 2 is 1.15 bits per heavy atom. The maximum atomic E-state index is 13.0. The first-order valence-electron chi connectivity index (χ1n) is 18.8. The average Bonchev–Trinajstić information content (AvgIpc) is 3.70. The van der Waals surface area contributed by atoms with Gasteiger partial charge in [-0.2, -0.15) is 0 Å². The maximum Gasteiger partial charge on any atom is 0.306 e. The molecule has 2 saturated heterocycles. The molecule has 0 amide bonds. The van der Waals surface area contributed by atoms with Crippen molar-refractivity contribution in [3.63, 3.8) is 0 Å². The third-order valence-electron chi connectivity index (χ3n) is 10.7. The van der Waals surface area contributed by atoms with Gasteiger partial charge in [-0.05, 0) is 73.4 Å². The fourth-order valence-corrected chi connectivity index (χ4v) is 8.05. The Bertz CT molecular complexity index is 1540. The fraction of sp³-hybridized carbons (Fsp3) is 0.634. The molecule has 2 aliphatic rings. The number of benzene rings is 2. The van der Waals surface area contributed by atoms with Crippen molar-refractivity contribution in [1.29, 1.82) is 5.41 Å². The Morgan fingerprint density at radius 3 is 1.54 bits per heavy atom. The van der Waals surface area contributed by atoms with Gasteiger partial charge < -0.3 is 44.0 Å².